The first-order valence-electron chi connectivity index (χ1n) is 12.1. The fourth-order valence-corrected chi connectivity index (χ4v) is 5.52. The van der Waals surface area contributed by atoms with E-state index >= 15 is 0 Å². The Balaban J connectivity index is 0.000000589. The minimum Gasteiger partial charge on any atom is -0.324 e. The maximum Gasteiger partial charge on any atom is 0.0265 e. The van der Waals surface area contributed by atoms with Crippen molar-refractivity contribution in [2.75, 3.05) is 0 Å². The molecule has 2 unspecified atom stereocenters. The van der Waals surface area contributed by atoms with Crippen molar-refractivity contribution in [3.63, 3.8) is 0 Å². The van der Waals surface area contributed by atoms with Crippen LogP contribution in [0.1, 0.15) is 90.0 Å². The van der Waals surface area contributed by atoms with Crippen LogP contribution in [0.5, 0.6) is 0 Å². The molecule has 1 aromatic carbocycles. The molecule has 0 amide bonds. The van der Waals surface area contributed by atoms with E-state index in [1.54, 1.807) is 11.1 Å². The molecule has 0 aromatic heterocycles. The predicted octanol–water partition coefficient (Wildman–Crippen LogP) is 8.02. The molecule has 1 saturated carbocycles. The van der Waals surface area contributed by atoms with E-state index in [-0.39, 0.29) is 11.5 Å². The summed E-state index contributed by atoms with van der Waals surface area (Å²) in [5.74, 6) is 0.384. The summed E-state index contributed by atoms with van der Waals surface area (Å²) in [6, 6.07) is 11.0. The topological polar surface area (TPSA) is 26.0 Å². The monoisotopic (exact) mass is 403 g/mol. The summed E-state index contributed by atoms with van der Waals surface area (Å²) in [5.41, 5.74) is 14.2. The van der Waals surface area contributed by atoms with Gasteiger partial charge in [0.2, 0.25) is 0 Å². The number of benzene rings is 1. The highest BCUT2D eigenvalue weighted by Gasteiger charge is 2.47. The van der Waals surface area contributed by atoms with E-state index < -0.39 is 0 Å². The highest BCUT2D eigenvalue weighted by atomic mass is 14.6. The minimum atomic E-state index is 0.184. The lowest BCUT2D eigenvalue weighted by Crippen LogP contribution is -2.30. The molecule has 1 heteroatoms. The number of rotatable bonds is 5. The first-order valence-corrected chi connectivity index (χ1v) is 12.1. The lowest BCUT2D eigenvalue weighted by atomic mass is 9.64. The molecule has 3 aliphatic carbocycles. The normalized spacial score (nSPS) is 23.1. The second-order valence-electron chi connectivity index (χ2n) is 9.30. The van der Waals surface area contributed by atoms with Crippen molar-refractivity contribution in [1.82, 2.24) is 0 Å². The van der Waals surface area contributed by atoms with Crippen molar-refractivity contribution in [2.24, 2.45) is 11.1 Å². The standard InChI is InChI=1S/C25H31N.C4H10/c1-3-19(20-10-6-4-7-11-20)16-23-18(2)22-13-12-21(26)17-24(22)25(23)14-8-5-9-15-25;1-3-4-2/h3-4,6-7,10-11,13,17,19,21H,1,5,8-9,12,14-16,26H2,2H3;3-4H2,1-2H3. The Morgan fingerprint density at radius 2 is 1.77 bits per heavy atom. The second kappa shape index (κ2) is 10.4. The molecule has 1 fully saturated rings. The van der Waals surface area contributed by atoms with Crippen LogP contribution in [0.2, 0.25) is 0 Å². The van der Waals surface area contributed by atoms with Crippen LogP contribution in [0.25, 0.3) is 0 Å². The van der Waals surface area contributed by atoms with Crippen molar-refractivity contribution in [3.8, 4) is 0 Å². The zero-order valence-corrected chi connectivity index (χ0v) is 19.4. The summed E-state index contributed by atoms with van der Waals surface area (Å²) in [6.07, 6.45) is 18.3. The molecule has 2 atom stereocenters. The number of hydrogen-bond donors (Lipinski definition) is 1. The average molecular weight is 404 g/mol. The predicted molar refractivity (Wildman–Crippen MR) is 132 cm³/mol. The van der Waals surface area contributed by atoms with Gasteiger partial charge in [-0.1, -0.05) is 100 Å². The van der Waals surface area contributed by atoms with Gasteiger partial charge in [0, 0.05) is 17.4 Å². The van der Waals surface area contributed by atoms with Crippen molar-refractivity contribution in [2.45, 2.75) is 90.5 Å². The lowest BCUT2D eigenvalue weighted by Gasteiger charge is -2.40. The van der Waals surface area contributed by atoms with Crippen LogP contribution in [0, 0.1) is 5.41 Å². The summed E-state index contributed by atoms with van der Waals surface area (Å²) < 4.78 is 0. The number of allylic oxidation sites excluding steroid dienone is 5. The van der Waals surface area contributed by atoms with E-state index in [0.29, 0.717) is 5.92 Å². The molecule has 30 heavy (non-hydrogen) atoms. The quantitative estimate of drug-likeness (QED) is 0.495. The number of nitrogens with two attached hydrogens (primary N) is 1. The van der Waals surface area contributed by atoms with Gasteiger partial charge in [-0.25, -0.2) is 0 Å². The summed E-state index contributed by atoms with van der Waals surface area (Å²) >= 11 is 0. The number of unbranched alkanes of at least 4 members (excludes halogenated alkanes) is 1. The van der Waals surface area contributed by atoms with Crippen LogP contribution in [-0.2, 0) is 0 Å². The van der Waals surface area contributed by atoms with Crippen LogP contribution in [0.15, 0.2) is 77.4 Å². The van der Waals surface area contributed by atoms with Gasteiger partial charge in [-0.2, -0.15) is 0 Å². The van der Waals surface area contributed by atoms with Crippen LogP contribution in [0.3, 0.4) is 0 Å². The molecule has 162 valence electrons. The average Bonchev–Trinajstić information content (AvgIpc) is 3.00. The summed E-state index contributed by atoms with van der Waals surface area (Å²) in [4.78, 5) is 0. The van der Waals surface area contributed by atoms with E-state index in [4.69, 9.17) is 5.73 Å². The van der Waals surface area contributed by atoms with Crippen molar-refractivity contribution in [1.29, 1.82) is 0 Å². The Morgan fingerprint density at radius 1 is 1.10 bits per heavy atom. The molecule has 0 saturated heterocycles. The van der Waals surface area contributed by atoms with E-state index in [0.717, 1.165) is 12.8 Å². The largest absolute Gasteiger partial charge is 0.324 e. The van der Waals surface area contributed by atoms with Crippen LogP contribution in [0.4, 0.5) is 0 Å². The first-order chi connectivity index (χ1) is 14.6. The van der Waals surface area contributed by atoms with Gasteiger partial charge in [-0.05, 0) is 54.9 Å². The smallest absolute Gasteiger partial charge is 0.0265 e. The van der Waals surface area contributed by atoms with E-state index in [1.807, 2.05) is 0 Å². The van der Waals surface area contributed by atoms with Gasteiger partial charge in [-0.3, -0.25) is 0 Å². The maximum absolute atomic E-state index is 6.33. The lowest BCUT2D eigenvalue weighted by molar-refractivity contribution is 0.290. The molecule has 2 N–H and O–H groups in total. The minimum absolute atomic E-state index is 0.184. The van der Waals surface area contributed by atoms with E-state index in [2.05, 4.69) is 75.9 Å². The van der Waals surface area contributed by atoms with Crippen molar-refractivity contribution >= 4 is 0 Å². The third-order valence-electron chi connectivity index (χ3n) is 7.36. The highest BCUT2D eigenvalue weighted by molar-refractivity contribution is 5.63. The van der Waals surface area contributed by atoms with E-state index in [1.165, 1.54) is 61.7 Å². The molecular weight excluding hydrogens is 362 g/mol. The molecule has 4 rings (SSSR count). The summed E-state index contributed by atoms with van der Waals surface area (Å²) in [7, 11) is 0. The third-order valence-corrected chi connectivity index (χ3v) is 7.36. The van der Waals surface area contributed by atoms with Gasteiger partial charge >= 0.3 is 0 Å². The summed E-state index contributed by atoms with van der Waals surface area (Å²) in [5, 5.41) is 0. The Labute approximate surface area is 184 Å². The zero-order chi connectivity index (χ0) is 21.6. The van der Waals surface area contributed by atoms with Gasteiger partial charge in [0.1, 0.15) is 0 Å². The van der Waals surface area contributed by atoms with Crippen molar-refractivity contribution in [3.05, 3.63) is 83.0 Å². The zero-order valence-electron chi connectivity index (χ0n) is 19.4. The fraction of sp³-hybridized carbons (Fsp3) is 0.517. The molecule has 0 heterocycles. The van der Waals surface area contributed by atoms with Gasteiger partial charge < -0.3 is 5.73 Å². The Morgan fingerprint density at radius 3 is 2.37 bits per heavy atom. The number of fused-ring (bicyclic) bond motifs is 2. The molecule has 1 spiro atoms. The molecule has 3 aliphatic rings. The van der Waals surface area contributed by atoms with E-state index in [9.17, 15) is 0 Å². The Hall–Kier alpha value is -1.86. The fourth-order valence-electron chi connectivity index (χ4n) is 5.52. The maximum atomic E-state index is 6.33. The SMILES string of the molecule is C=CC(CC1=C(C)C2=CCC(N)C=C2C12CCCCC2)c1ccccc1.CCCC. The highest BCUT2D eigenvalue weighted by Crippen LogP contribution is 2.60. The van der Waals surface area contributed by atoms with Crippen LogP contribution < -0.4 is 5.73 Å². The molecule has 1 aromatic rings. The van der Waals surface area contributed by atoms with Crippen molar-refractivity contribution < 1.29 is 0 Å². The molecule has 1 nitrogen and oxygen atoms in total. The number of hydrogen-bond acceptors (Lipinski definition) is 1. The second-order valence-corrected chi connectivity index (χ2v) is 9.30. The first kappa shape index (κ1) is 22.8. The van der Waals surface area contributed by atoms with Crippen LogP contribution in [-0.4, -0.2) is 6.04 Å². The van der Waals surface area contributed by atoms with Gasteiger partial charge in [0.15, 0.2) is 0 Å². The van der Waals surface area contributed by atoms with Gasteiger partial charge in [0.05, 0.1) is 0 Å². The molecule has 0 aliphatic heterocycles. The summed E-state index contributed by atoms with van der Waals surface area (Å²) in [6.45, 7) is 10.9. The molecule has 0 radical (unpaired) electrons. The Bertz CT molecular complexity index is 800. The Kier molecular flexibility index (Phi) is 7.94. The van der Waals surface area contributed by atoms with Crippen LogP contribution >= 0.6 is 0 Å². The van der Waals surface area contributed by atoms with Gasteiger partial charge in [0.25, 0.3) is 0 Å². The third kappa shape index (κ3) is 4.57. The van der Waals surface area contributed by atoms with Gasteiger partial charge in [-0.15, -0.1) is 6.58 Å². The molecular formula is C29H41N. The molecule has 0 bridgehead atoms.